The minimum Gasteiger partial charge on any atom is -0.457 e. The van der Waals surface area contributed by atoms with Crippen LogP contribution in [-0.2, 0) is 9.59 Å². The molecular formula is C21H19FN2O4. The van der Waals surface area contributed by atoms with Crippen molar-refractivity contribution < 1.29 is 23.2 Å². The number of amides is 4. The van der Waals surface area contributed by atoms with E-state index in [4.69, 9.17) is 4.42 Å². The van der Waals surface area contributed by atoms with Crippen LogP contribution in [0.5, 0.6) is 0 Å². The topological polar surface area (TPSA) is 79.6 Å². The van der Waals surface area contributed by atoms with Crippen LogP contribution in [0.2, 0.25) is 0 Å². The lowest BCUT2D eigenvalue weighted by Crippen LogP contribution is -2.58. The first-order valence-electron chi connectivity index (χ1n) is 9.29. The molecule has 0 spiro atoms. The molecule has 1 aliphatic heterocycles. The normalized spacial score (nSPS) is 20.0. The minimum absolute atomic E-state index is 0.134. The van der Waals surface area contributed by atoms with E-state index in [-0.39, 0.29) is 17.4 Å². The Balaban J connectivity index is 1.61. The van der Waals surface area contributed by atoms with Gasteiger partial charge in [-0.25, -0.2) is 9.18 Å². The zero-order chi connectivity index (χ0) is 19.7. The molecule has 4 amide bonds. The van der Waals surface area contributed by atoms with Gasteiger partial charge < -0.3 is 4.42 Å². The molecule has 1 aliphatic carbocycles. The Kier molecular flexibility index (Phi) is 4.81. The summed E-state index contributed by atoms with van der Waals surface area (Å²) in [4.78, 5) is 38.5. The van der Waals surface area contributed by atoms with Gasteiger partial charge in [0.05, 0.1) is 0 Å². The number of rotatable bonds is 3. The molecule has 0 atom stereocenters. The van der Waals surface area contributed by atoms with Gasteiger partial charge >= 0.3 is 6.03 Å². The van der Waals surface area contributed by atoms with Gasteiger partial charge in [0.25, 0.3) is 11.8 Å². The summed E-state index contributed by atoms with van der Waals surface area (Å²) in [5.74, 6) is -0.900. The van der Waals surface area contributed by atoms with Gasteiger partial charge in [0.15, 0.2) is 0 Å². The highest BCUT2D eigenvalue weighted by Gasteiger charge is 2.40. The number of hydrogen-bond acceptors (Lipinski definition) is 4. The van der Waals surface area contributed by atoms with Crippen LogP contribution in [0.15, 0.2) is 46.4 Å². The predicted molar refractivity (Wildman–Crippen MR) is 99.3 cm³/mol. The molecule has 28 heavy (non-hydrogen) atoms. The molecule has 6 nitrogen and oxygen atoms in total. The first-order chi connectivity index (χ1) is 13.5. The summed E-state index contributed by atoms with van der Waals surface area (Å²) >= 11 is 0. The van der Waals surface area contributed by atoms with E-state index in [1.54, 1.807) is 24.3 Å². The fraction of sp³-hybridized carbons (Fsp3) is 0.286. The summed E-state index contributed by atoms with van der Waals surface area (Å²) < 4.78 is 18.8. The van der Waals surface area contributed by atoms with Gasteiger partial charge in [-0.3, -0.25) is 19.8 Å². The predicted octanol–water partition coefficient (Wildman–Crippen LogP) is 3.88. The molecule has 7 heteroatoms. The van der Waals surface area contributed by atoms with Crippen LogP contribution >= 0.6 is 0 Å². The van der Waals surface area contributed by atoms with Gasteiger partial charge in [0, 0.05) is 11.6 Å². The second-order valence-corrected chi connectivity index (χ2v) is 6.99. The Hall–Kier alpha value is -3.22. The summed E-state index contributed by atoms with van der Waals surface area (Å²) in [5.41, 5.74) is 0.537. The lowest BCUT2D eigenvalue weighted by molar-refractivity contribution is -0.132. The van der Waals surface area contributed by atoms with Crippen LogP contribution in [0.4, 0.5) is 9.18 Å². The van der Waals surface area contributed by atoms with E-state index in [2.05, 4.69) is 5.32 Å². The standard InChI is InChI=1S/C21H19FN2O4/c22-14-8-6-13(7-9-14)18-11-10-16(28-18)12-17-19(25)23-21(27)24(20(17)26)15-4-2-1-3-5-15/h6-12,15H,1-5H2,(H,23,25,27). The number of hydrogen-bond donors (Lipinski definition) is 1. The van der Waals surface area contributed by atoms with E-state index in [1.807, 2.05) is 0 Å². The van der Waals surface area contributed by atoms with E-state index in [0.29, 0.717) is 17.1 Å². The molecular weight excluding hydrogens is 363 g/mol. The Morgan fingerprint density at radius 3 is 2.43 bits per heavy atom. The third-order valence-electron chi connectivity index (χ3n) is 5.12. The molecule has 2 heterocycles. The van der Waals surface area contributed by atoms with Crippen molar-refractivity contribution >= 4 is 23.9 Å². The van der Waals surface area contributed by atoms with Crippen LogP contribution in [0, 0.1) is 5.82 Å². The second-order valence-electron chi connectivity index (χ2n) is 6.99. The first-order valence-corrected chi connectivity index (χ1v) is 9.29. The number of imide groups is 2. The Morgan fingerprint density at radius 2 is 1.71 bits per heavy atom. The molecule has 1 aromatic carbocycles. The van der Waals surface area contributed by atoms with Crippen molar-refractivity contribution in [2.24, 2.45) is 0 Å². The maximum Gasteiger partial charge on any atom is 0.331 e. The highest BCUT2D eigenvalue weighted by Crippen LogP contribution is 2.28. The minimum atomic E-state index is -0.734. The molecule has 1 aromatic heterocycles. The van der Waals surface area contributed by atoms with E-state index in [9.17, 15) is 18.8 Å². The molecule has 2 fully saturated rings. The van der Waals surface area contributed by atoms with Crippen LogP contribution in [0.1, 0.15) is 37.9 Å². The lowest BCUT2D eigenvalue weighted by Gasteiger charge is -2.35. The van der Waals surface area contributed by atoms with E-state index in [0.717, 1.165) is 37.0 Å². The van der Waals surface area contributed by atoms with Crippen LogP contribution in [-0.4, -0.2) is 28.8 Å². The fourth-order valence-corrected chi connectivity index (χ4v) is 3.68. The smallest absolute Gasteiger partial charge is 0.331 e. The maximum absolute atomic E-state index is 13.1. The third kappa shape index (κ3) is 3.47. The number of nitrogens with one attached hydrogen (secondary N) is 1. The van der Waals surface area contributed by atoms with Gasteiger partial charge in [-0.05, 0) is 55.3 Å². The number of halogens is 1. The van der Waals surface area contributed by atoms with Crippen LogP contribution in [0.25, 0.3) is 17.4 Å². The van der Waals surface area contributed by atoms with Crippen molar-refractivity contribution in [2.45, 2.75) is 38.1 Å². The molecule has 144 valence electrons. The van der Waals surface area contributed by atoms with E-state index < -0.39 is 17.8 Å². The zero-order valence-electron chi connectivity index (χ0n) is 15.1. The van der Waals surface area contributed by atoms with Crippen LogP contribution < -0.4 is 5.32 Å². The van der Waals surface area contributed by atoms with Crippen molar-refractivity contribution in [3.05, 3.63) is 53.5 Å². The molecule has 0 radical (unpaired) electrons. The molecule has 1 N–H and O–H groups in total. The highest BCUT2D eigenvalue weighted by molar-refractivity contribution is 6.31. The molecule has 4 rings (SSSR count). The van der Waals surface area contributed by atoms with E-state index in [1.165, 1.54) is 18.2 Å². The van der Waals surface area contributed by atoms with Crippen molar-refractivity contribution in [1.29, 1.82) is 0 Å². The number of urea groups is 1. The second kappa shape index (κ2) is 7.42. The number of furan rings is 1. The van der Waals surface area contributed by atoms with Gasteiger partial charge in [-0.1, -0.05) is 19.3 Å². The number of benzene rings is 1. The summed E-state index contributed by atoms with van der Waals surface area (Å²) in [6.07, 6.45) is 5.82. The van der Waals surface area contributed by atoms with Gasteiger partial charge in [-0.2, -0.15) is 0 Å². The Labute approximate surface area is 161 Å². The summed E-state index contributed by atoms with van der Waals surface area (Å²) in [7, 11) is 0. The van der Waals surface area contributed by atoms with Crippen molar-refractivity contribution in [1.82, 2.24) is 10.2 Å². The zero-order valence-corrected chi connectivity index (χ0v) is 15.1. The fourth-order valence-electron chi connectivity index (χ4n) is 3.68. The van der Waals surface area contributed by atoms with E-state index >= 15 is 0 Å². The SMILES string of the molecule is O=C1NC(=O)N(C2CCCCC2)C(=O)C1=Cc1ccc(-c2ccc(F)cc2)o1. The van der Waals surface area contributed by atoms with Crippen molar-refractivity contribution in [3.63, 3.8) is 0 Å². The molecule has 0 bridgehead atoms. The summed E-state index contributed by atoms with van der Waals surface area (Å²) in [5, 5.41) is 2.25. The first kappa shape index (κ1) is 18.2. The van der Waals surface area contributed by atoms with Gasteiger partial charge in [-0.15, -0.1) is 0 Å². The molecule has 2 aliphatic rings. The molecule has 1 saturated heterocycles. The third-order valence-corrected chi connectivity index (χ3v) is 5.12. The largest absolute Gasteiger partial charge is 0.457 e. The summed E-state index contributed by atoms with van der Waals surface area (Å²) in [6.45, 7) is 0. The Bertz CT molecular complexity index is 955. The van der Waals surface area contributed by atoms with Crippen molar-refractivity contribution in [2.75, 3.05) is 0 Å². The quantitative estimate of drug-likeness (QED) is 0.645. The average molecular weight is 382 g/mol. The van der Waals surface area contributed by atoms with Gasteiger partial charge in [0.2, 0.25) is 0 Å². The molecule has 0 unspecified atom stereocenters. The van der Waals surface area contributed by atoms with Crippen LogP contribution in [0.3, 0.4) is 0 Å². The van der Waals surface area contributed by atoms with Crippen molar-refractivity contribution in [3.8, 4) is 11.3 Å². The van der Waals surface area contributed by atoms with Gasteiger partial charge in [0.1, 0.15) is 22.9 Å². The lowest BCUT2D eigenvalue weighted by atomic mass is 9.93. The number of carbonyl (C=O) groups excluding carboxylic acids is 3. The monoisotopic (exact) mass is 382 g/mol. The molecule has 1 saturated carbocycles. The average Bonchev–Trinajstić information content (AvgIpc) is 3.15. The Morgan fingerprint density at radius 1 is 1.00 bits per heavy atom. The molecule has 2 aromatic rings. The number of nitrogens with zero attached hydrogens (tertiary/aromatic N) is 1. The maximum atomic E-state index is 13.1. The summed E-state index contributed by atoms with van der Waals surface area (Å²) in [6, 6.07) is 8.24. The highest BCUT2D eigenvalue weighted by atomic mass is 19.1. The number of barbiturate groups is 1. The number of carbonyl (C=O) groups is 3.